The van der Waals surface area contributed by atoms with Crippen LogP contribution in [0.25, 0.3) is 21.7 Å². The van der Waals surface area contributed by atoms with E-state index in [0.29, 0.717) is 23.4 Å². The molecule has 1 amide bonds. The molecule has 1 heterocycles. The number of rotatable bonds is 5. The number of amides is 1. The van der Waals surface area contributed by atoms with Crippen LogP contribution in [0.15, 0.2) is 60.7 Å². The first-order chi connectivity index (χ1) is 16.5. The van der Waals surface area contributed by atoms with E-state index in [0.717, 1.165) is 52.9 Å². The topological polar surface area (TPSA) is 108 Å². The Morgan fingerprint density at radius 1 is 1.06 bits per heavy atom. The van der Waals surface area contributed by atoms with Gasteiger partial charge in [0.1, 0.15) is 11.5 Å². The summed E-state index contributed by atoms with van der Waals surface area (Å²) in [6.07, 6.45) is 5.55. The maximum Gasteiger partial charge on any atom is 0.268 e. The number of nitrogens with zero attached hydrogens (tertiary/aromatic N) is 2. The summed E-state index contributed by atoms with van der Waals surface area (Å²) in [4.78, 5) is 13.4. The monoisotopic (exact) mass is 449 g/mol. The van der Waals surface area contributed by atoms with Crippen LogP contribution >= 0.6 is 0 Å². The van der Waals surface area contributed by atoms with Gasteiger partial charge in [-0.2, -0.15) is 5.26 Å². The van der Waals surface area contributed by atoms with Crippen LogP contribution in [-0.4, -0.2) is 22.4 Å². The Labute approximate surface area is 198 Å². The quantitative estimate of drug-likeness (QED) is 0.293. The summed E-state index contributed by atoms with van der Waals surface area (Å²) < 4.78 is 2.01. The molecule has 0 unspecified atom stereocenters. The smallest absolute Gasteiger partial charge is 0.268 e. The van der Waals surface area contributed by atoms with Crippen LogP contribution in [0.1, 0.15) is 59.3 Å². The molecule has 1 saturated carbocycles. The number of hydrogen-bond acceptors (Lipinski definition) is 3. The highest BCUT2D eigenvalue weighted by molar-refractivity contribution is 6.02. The third-order valence-corrected chi connectivity index (χ3v) is 6.85. The lowest BCUT2D eigenvalue weighted by Crippen LogP contribution is -2.37. The molecule has 5 rings (SSSR count). The highest BCUT2D eigenvalue weighted by Crippen LogP contribution is 2.28. The Bertz CT molecular complexity index is 1450. The van der Waals surface area contributed by atoms with Crippen molar-refractivity contribution in [1.29, 1.82) is 10.7 Å². The van der Waals surface area contributed by atoms with E-state index in [-0.39, 0.29) is 17.8 Å². The molecule has 0 atom stereocenters. The summed E-state index contributed by atoms with van der Waals surface area (Å²) in [6.45, 7) is 0.463. The number of nitrogen functional groups attached to an aromatic ring is 1. The number of aromatic nitrogens is 1. The second-order valence-electron chi connectivity index (χ2n) is 9.04. The summed E-state index contributed by atoms with van der Waals surface area (Å²) in [5, 5.41) is 23.5. The first-order valence-corrected chi connectivity index (χ1v) is 11.7. The van der Waals surface area contributed by atoms with Crippen LogP contribution in [0.2, 0.25) is 0 Å². The van der Waals surface area contributed by atoms with Gasteiger partial charge in [-0.1, -0.05) is 61.7 Å². The maximum absolute atomic E-state index is 13.4. The van der Waals surface area contributed by atoms with E-state index in [9.17, 15) is 10.1 Å². The summed E-state index contributed by atoms with van der Waals surface area (Å²) in [5.74, 6) is -0.0860. The number of carbonyl (C=O) groups is 1. The van der Waals surface area contributed by atoms with Crippen molar-refractivity contribution in [2.24, 2.45) is 5.73 Å². The molecular formula is C28H27N5O. The first-order valence-electron chi connectivity index (χ1n) is 11.7. The Kier molecular flexibility index (Phi) is 5.77. The largest absolute Gasteiger partial charge is 0.384 e. The number of hydrogen-bond donors (Lipinski definition) is 3. The summed E-state index contributed by atoms with van der Waals surface area (Å²) in [6, 6.07) is 21.7. The molecule has 1 fully saturated rings. The molecule has 34 heavy (non-hydrogen) atoms. The number of benzene rings is 3. The van der Waals surface area contributed by atoms with Gasteiger partial charge in [0.2, 0.25) is 0 Å². The molecular weight excluding hydrogens is 422 g/mol. The predicted molar refractivity (Wildman–Crippen MR) is 135 cm³/mol. The van der Waals surface area contributed by atoms with Crippen molar-refractivity contribution in [2.45, 2.75) is 44.7 Å². The zero-order valence-electron chi connectivity index (χ0n) is 19.0. The van der Waals surface area contributed by atoms with Crippen molar-refractivity contribution in [3.05, 3.63) is 83.0 Å². The SMILES string of the molecule is N#Cc1ccc(Cn2c(C(=O)NC3CCCCC3)cc3ccc(C(=N)N)cc32)c2ccccc12. The lowest BCUT2D eigenvalue weighted by Gasteiger charge is -2.23. The number of nitrogens with two attached hydrogens (primary N) is 1. The van der Waals surface area contributed by atoms with Gasteiger partial charge in [0.15, 0.2) is 0 Å². The molecule has 4 N–H and O–H groups in total. The van der Waals surface area contributed by atoms with Gasteiger partial charge in [0.05, 0.1) is 11.6 Å². The normalized spacial score (nSPS) is 14.2. The van der Waals surface area contributed by atoms with Crippen molar-refractivity contribution < 1.29 is 4.79 Å². The molecule has 6 nitrogen and oxygen atoms in total. The van der Waals surface area contributed by atoms with Crippen LogP contribution in [-0.2, 0) is 6.54 Å². The Morgan fingerprint density at radius 2 is 1.82 bits per heavy atom. The van der Waals surface area contributed by atoms with Crippen LogP contribution in [0.3, 0.4) is 0 Å². The van der Waals surface area contributed by atoms with Gasteiger partial charge in [0.25, 0.3) is 5.91 Å². The molecule has 0 spiro atoms. The van der Waals surface area contributed by atoms with E-state index in [1.165, 1.54) is 6.42 Å². The van der Waals surface area contributed by atoms with Crippen molar-refractivity contribution in [1.82, 2.24) is 9.88 Å². The third kappa shape index (κ3) is 4.01. The lowest BCUT2D eigenvalue weighted by atomic mass is 9.95. The number of nitrogens with one attached hydrogen (secondary N) is 2. The summed E-state index contributed by atoms with van der Waals surface area (Å²) >= 11 is 0. The Morgan fingerprint density at radius 3 is 2.56 bits per heavy atom. The molecule has 0 aliphatic heterocycles. The average Bonchev–Trinajstić information content (AvgIpc) is 3.22. The molecule has 0 radical (unpaired) electrons. The van der Waals surface area contributed by atoms with Crippen LogP contribution in [0, 0.1) is 16.7 Å². The minimum Gasteiger partial charge on any atom is -0.384 e. The van der Waals surface area contributed by atoms with E-state index in [2.05, 4.69) is 11.4 Å². The molecule has 3 aromatic carbocycles. The zero-order valence-corrected chi connectivity index (χ0v) is 19.0. The molecule has 0 bridgehead atoms. The fraction of sp³-hybridized carbons (Fsp3) is 0.250. The molecule has 170 valence electrons. The number of carbonyl (C=O) groups excluding carboxylic acids is 1. The van der Waals surface area contributed by atoms with Crippen molar-refractivity contribution in [3.63, 3.8) is 0 Å². The van der Waals surface area contributed by atoms with Gasteiger partial charge in [0, 0.05) is 29.1 Å². The fourth-order valence-corrected chi connectivity index (χ4v) is 5.05. The first kappa shape index (κ1) is 21.7. The zero-order chi connectivity index (χ0) is 23.7. The Balaban J connectivity index is 1.62. The molecule has 0 saturated heterocycles. The van der Waals surface area contributed by atoms with Crippen molar-refractivity contribution in [2.75, 3.05) is 0 Å². The van der Waals surface area contributed by atoms with Gasteiger partial charge < -0.3 is 15.6 Å². The minimum absolute atomic E-state index is 0.00770. The van der Waals surface area contributed by atoms with Gasteiger partial charge in [-0.3, -0.25) is 10.2 Å². The van der Waals surface area contributed by atoms with E-state index >= 15 is 0 Å². The van der Waals surface area contributed by atoms with E-state index in [1.807, 2.05) is 65.2 Å². The lowest BCUT2D eigenvalue weighted by molar-refractivity contribution is 0.0919. The maximum atomic E-state index is 13.4. The minimum atomic E-state index is -0.0783. The molecule has 6 heteroatoms. The predicted octanol–water partition coefficient (Wildman–Crippen LogP) is 5.06. The van der Waals surface area contributed by atoms with E-state index < -0.39 is 0 Å². The van der Waals surface area contributed by atoms with Crippen molar-refractivity contribution >= 4 is 33.4 Å². The highest BCUT2D eigenvalue weighted by Gasteiger charge is 2.21. The van der Waals surface area contributed by atoms with Crippen LogP contribution in [0.4, 0.5) is 0 Å². The molecule has 1 aliphatic carbocycles. The number of nitriles is 1. The summed E-state index contributed by atoms with van der Waals surface area (Å²) in [7, 11) is 0. The van der Waals surface area contributed by atoms with Gasteiger partial charge in [-0.05, 0) is 47.4 Å². The van der Waals surface area contributed by atoms with E-state index in [1.54, 1.807) is 0 Å². The second kappa shape index (κ2) is 9.03. The number of fused-ring (bicyclic) bond motifs is 2. The Hall–Kier alpha value is -4.11. The summed E-state index contributed by atoms with van der Waals surface area (Å²) in [5.41, 5.74) is 9.49. The fourth-order valence-electron chi connectivity index (χ4n) is 5.05. The van der Waals surface area contributed by atoms with Crippen LogP contribution in [0.5, 0.6) is 0 Å². The highest BCUT2D eigenvalue weighted by atomic mass is 16.2. The van der Waals surface area contributed by atoms with E-state index in [4.69, 9.17) is 11.1 Å². The van der Waals surface area contributed by atoms with Gasteiger partial charge >= 0.3 is 0 Å². The molecule has 4 aromatic rings. The second-order valence-corrected chi connectivity index (χ2v) is 9.04. The molecule has 1 aliphatic rings. The van der Waals surface area contributed by atoms with Crippen molar-refractivity contribution in [3.8, 4) is 6.07 Å². The van der Waals surface area contributed by atoms with Gasteiger partial charge in [-0.15, -0.1) is 0 Å². The van der Waals surface area contributed by atoms with Gasteiger partial charge in [-0.25, -0.2) is 0 Å². The number of amidine groups is 1. The molecule has 1 aromatic heterocycles. The average molecular weight is 450 g/mol. The van der Waals surface area contributed by atoms with Crippen LogP contribution < -0.4 is 11.1 Å². The third-order valence-electron chi connectivity index (χ3n) is 6.85. The standard InChI is InChI=1S/C28H27N5O/c29-16-20-12-13-21(24-9-5-4-8-23(20)24)17-33-25-15-19(27(30)31)11-10-18(25)14-26(33)28(34)32-22-6-2-1-3-7-22/h4-5,8-15,22H,1-3,6-7,17H2,(H3,30,31)(H,32,34).